The van der Waals surface area contributed by atoms with E-state index in [0.29, 0.717) is 5.82 Å². The number of nitro groups is 1. The zero-order chi connectivity index (χ0) is 7.56. The summed E-state index contributed by atoms with van der Waals surface area (Å²) in [6.07, 6.45) is 0.979. The molecule has 0 spiro atoms. The SMILES string of the molecule is CN1CCN/C1=C\[N+](=O)[O-]. The number of rotatable bonds is 1. The average molecular weight is 143 g/mol. The van der Waals surface area contributed by atoms with Crippen LogP contribution in [0.1, 0.15) is 0 Å². The van der Waals surface area contributed by atoms with E-state index in [4.69, 9.17) is 0 Å². The lowest BCUT2D eigenvalue weighted by Gasteiger charge is -2.06. The Labute approximate surface area is 58.5 Å². The molecule has 1 aliphatic rings. The van der Waals surface area contributed by atoms with Crippen molar-refractivity contribution in [1.82, 2.24) is 10.2 Å². The van der Waals surface area contributed by atoms with E-state index in [1.54, 1.807) is 0 Å². The van der Waals surface area contributed by atoms with Gasteiger partial charge < -0.3 is 10.2 Å². The smallest absolute Gasteiger partial charge is 0.274 e. The zero-order valence-corrected chi connectivity index (χ0v) is 5.70. The Morgan fingerprint density at radius 3 is 3.00 bits per heavy atom. The predicted molar refractivity (Wildman–Crippen MR) is 35.7 cm³/mol. The van der Waals surface area contributed by atoms with Gasteiger partial charge in [0, 0.05) is 20.1 Å². The van der Waals surface area contributed by atoms with Gasteiger partial charge in [0.05, 0.1) is 4.92 Å². The van der Waals surface area contributed by atoms with Crippen LogP contribution in [0.5, 0.6) is 0 Å². The molecule has 10 heavy (non-hydrogen) atoms. The van der Waals surface area contributed by atoms with Gasteiger partial charge in [-0.1, -0.05) is 0 Å². The summed E-state index contributed by atoms with van der Waals surface area (Å²) in [6.45, 7) is 1.62. The molecule has 0 aromatic heterocycles. The Morgan fingerprint density at radius 2 is 2.60 bits per heavy atom. The highest BCUT2D eigenvalue weighted by molar-refractivity contribution is 4.98. The second-order valence-electron chi connectivity index (χ2n) is 2.15. The molecule has 5 heteroatoms. The highest BCUT2D eigenvalue weighted by Gasteiger charge is 2.13. The molecular formula is C5H9N3O2. The van der Waals surface area contributed by atoms with E-state index in [1.165, 1.54) is 0 Å². The second kappa shape index (κ2) is 2.55. The maximum atomic E-state index is 9.96. The van der Waals surface area contributed by atoms with E-state index in [2.05, 4.69) is 5.32 Å². The normalized spacial score (nSPS) is 21.3. The maximum absolute atomic E-state index is 9.96. The Bertz CT molecular complexity index is 178. The van der Waals surface area contributed by atoms with Crippen molar-refractivity contribution in [2.24, 2.45) is 0 Å². The van der Waals surface area contributed by atoms with Crippen molar-refractivity contribution >= 4 is 0 Å². The van der Waals surface area contributed by atoms with Crippen molar-refractivity contribution in [3.63, 3.8) is 0 Å². The van der Waals surface area contributed by atoms with Gasteiger partial charge in [0.15, 0.2) is 5.82 Å². The van der Waals surface area contributed by atoms with E-state index in [9.17, 15) is 10.1 Å². The molecular weight excluding hydrogens is 134 g/mol. The fourth-order valence-corrected chi connectivity index (χ4v) is 0.851. The monoisotopic (exact) mass is 143 g/mol. The number of likely N-dealkylation sites (N-methyl/N-ethyl adjacent to an activating group) is 1. The first-order chi connectivity index (χ1) is 4.70. The molecule has 0 saturated carbocycles. The van der Waals surface area contributed by atoms with Gasteiger partial charge >= 0.3 is 0 Å². The number of nitrogens with one attached hydrogen (secondary N) is 1. The van der Waals surface area contributed by atoms with Gasteiger partial charge in [-0.05, 0) is 0 Å². The van der Waals surface area contributed by atoms with Crippen LogP contribution < -0.4 is 5.32 Å². The summed E-state index contributed by atoms with van der Waals surface area (Å²) in [5.41, 5.74) is 0. The molecule has 0 aliphatic carbocycles. The van der Waals surface area contributed by atoms with Crippen molar-refractivity contribution in [2.75, 3.05) is 20.1 Å². The lowest BCUT2D eigenvalue weighted by Crippen LogP contribution is -2.15. The van der Waals surface area contributed by atoms with Gasteiger partial charge in [-0.15, -0.1) is 0 Å². The van der Waals surface area contributed by atoms with E-state index in [-0.39, 0.29) is 0 Å². The summed E-state index contributed by atoms with van der Waals surface area (Å²) in [7, 11) is 1.81. The van der Waals surface area contributed by atoms with Crippen LogP contribution in [0.4, 0.5) is 0 Å². The molecule has 56 valence electrons. The summed E-state index contributed by atoms with van der Waals surface area (Å²) in [4.78, 5) is 11.3. The summed E-state index contributed by atoms with van der Waals surface area (Å²) < 4.78 is 0. The molecule has 0 aromatic rings. The van der Waals surface area contributed by atoms with Gasteiger partial charge in [-0.25, -0.2) is 0 Å². The van der Waals surface area contributed by atoms with Crippen LogP contribution in [0.2, 0.25) is 0 Å². The summed E-state index contributed by atoms with van der Waals surface area (Å²) in [5, 5.41) is 12.8. The molecule has 0 unspecified atom stereocenters. The van der Waals surface area contributed by atoms with Gasteiger partial charge in [-0.3, -0.25) is 10.1 Å². The molecule has 1 N–H and O–H groups in total. The van der Waals surface area contributed by atoms with Crippen LogP contribution in [0.15, 0.2) is 12.0 Å². The summed E-state index contributed by atoms with van der Waals surface area (Å²) in [6, 6.07) is 0. The second-order valence-corrected chi connectivity index (χ2v) is 2.15. The molecule has 1 saturated heterocycles. The molecule has 1 rings (SSSR count). The van der Waals surface area contributed by atoms with Gasteiger partial charge in [0.1, 0.15) is 0 Å². The van der Waals surface area contributed by atoms with Crippen molar-refractivity contribution in [2.45, 2.75) is 0 Å². The minimum Gasteiger partial charge on any atom is -0.365 e. The first kappa shape index (κ1) is 6.85. The molecule has 0 amide bonds. The lowest BCUT2D eigenvalue weighted by molar-refractivity contribution is -0.404. The van der Waals surface area contributed by atoms with E-state index < -0.39 is 4.92 Å². The Kier molecular flexibility index (Phi) is 1.75. The molecule has 1 heterocycles. The predicted octanol–water partition coefficient (Wildman–Crippen LogP) is -0.403. The van der Waals surface area contributed by atoms with Crippen molar-refractivity contribution in [3.05, 3.63) is 22.1 Å². The third-order valence-corrected chi connectivity index (χ3v) is 1.39. The van der Waals surface area contributed by atoms with Crippen molar-refractivity contribution in [3.8, 4) is 0 Å². The van der Waals surface area contributed by atoms with Crippen LogP contribution in [0, 0.1) is 10.1 Å². The quantitative estimate of drug-likeness (QED) is 0.400. The first-order valence-corrected chi connectivity index (χ1v) is 3.00. The minimum atomic E-state index is -0.454. The van der Waals surface area contributed by atoms with Crippen LogP contribution in [0.25, 0.3) is 0 Å². The van der Waals surface area contributed by atoms with Crippen LogP contribution in [-0.4, -0.2) is 30.0 Å². The zero-order valence-electron chi connectivity index (χ0n) is 5.70. The fraction of sp³-hybridized carbons (Fsp3) is 0.600. The standard InChI is InChI=1S/C5H9N3O2/c1-7-3-2-6-5(7)4-8(9)10/h4,6H,2-3H2,1H3/b5-4+. The summed E-state index contributed by atoms with van der Waals surface area (Å²) >= 11 is 0. The number of hydrogen-bond donors (Lipinski definition) is 1. The maximum Gasteiger partial charge on any atom is 0.274 e. The largest absolute Gasteiger partial charge is 0.365 e. The molecule has 1 fully saturated rings. The molecule has 0 radical (unpaired) electrons. The Balaban J connectivity index is 2.62. The Morgan fingerprint density at radius 1 is 1.90 bits per heavy atom. The first-order valence-electron chi connectivity index (χ1n) is 3.00. The van der Waals surface area contributed by atoms with Gasteiger partial charge in [0.2, 0.25) is 0 Å². The molecule has 5 nitrogen and oxygen atoms in total. The van der Waals surface area contributed by atoms with Crippen LogP contribution in [-0.2, 0) is 0 Å². The molecule has 0 aromatic carbocycles. The number of nitrogens with zero attached hydrogens (tertiary/aromatic N) is 2. The van der Waals surface area contributed by atoms with E-state index in [1.807, 2.05) is 11.9 Å². The van der Waals surface area contributed by atoms with Gasteiger partial charge in [0.25, 0.3) is 6.20 Å². The third-order valence-electron chi connectivity index (χ3n) is 1.39. The molecule has 0 bridgehead atoms. The fourth-order valence-electron chi connectivity index (χ4n) is 0.851. The molecule has 0 atom stereocenters. The Hall–Kier alpha value is -1.26. The third kappa shape index (κ3) is 1.37. The van der Waals surface area contributed by atoms with Crippen LogP contribution in [0.3, 0.4) is 0 Å². The lowest BCUT2D eigenvalue weighted by atomic mass is 10.6. The van der Waals surface area contributed by atoms with Gasteiger partial charge in [-0.2, -0.15) is 0 Å². The average Bonchev–Trinajstić information content (AvgIpc) is 2.15. The highest BCUT2D eigenvalue weighted by Crippen LogP contribution is 2.01. The van der Waals surface area contributed by atoms with Crippen molar-refractivity contribution < 1.29 is 4.92 Å². The van der Waals surface area contributed by atoms with Crippen molar-refractivity contribution in [1.29, 1.82) is 0 Å². The minimum absolute atomic E-state index is 0.454. The summed E-state index contributed by atoms with van der Waals surface area (Å²) in [5.74, 6) is 0.588. The van der Waals surface area contributed by atoms with E-state index in [0.717, 1.165) is 19.3 Å². The van der Waals surface area contributed by atoms with Crippen LogP contribution >= 0.6 is 0 Å². The van der Waals surface area contributed by atoms with E-state index >= 15 is 0 Å². The highest BCUT2D eigenvalue weighted by atomic mass is 16.6. The molecule has 1 aliphatic heterocycles. The topological polar surface area (TPSA) is 58.4 Å². The number of hydrogen-bond acceptors (Lipinski definition) is 4.